The van der Waals surface area contributed by atoms with E-state index >= 15 is 0 Å². The number of aromatic amines is 1. The lowest BCUT2D eigenvalue weighted by Gasteiger charge is -2.09. The number of aromatic nitrogens is 2. The molecular weight excluding hydrogens is 264 g/mol. The summed E-state index contributed by atoms with van der Waals surface area (Å²) >= 11 is 6.80. The van der Waals surface area contributed by atoms with Crippen LogP contribution in [0.15, 0.2) is 29.1 Å². The summed E-state index contributed by atoms with van der Waals surface area (Å²) in [5.74, 6) is 0. The third-order valence-electron chi connectivity index (χ3n) is 2.98. The molecule has 3 nitrogen and oxygen atoms in total. The monoisotopic (exact) mass is 276 g/mol. The molecule has 2 heterocycles. The number of H-pyrrole nitrogens is 1. The van der Waals surface area contributed by atoms with Crippen LogP contribution in [0.2, 0.25) is 0 Å². The second-order valence-corrected chi connectivity index (χ2v) is 5.94. The Bertz CT molecular complexity index is 855. The van der Waals surface area contributed by atoms with Crippen molar-refractivity contribution in [3.05, 3.63) is 39.4 Å². The Labute approximate surface area is 113 Å². The van der Waals surface area contributed by atoms with Crippen LogP contribution in [0.4, 0.5) is 0 Å². The first-order valence-corrected chi connectivity index (χ1v) is 6.98. The molecule has 0 amide bonds. The van der Waals surface area contributed by atoms with Gasteiger partial charge in [0.2, 0.25) is 0 Å². The molecule has 3 rings (SSSR count). The number of fused-ring (bicyclic) bond motifs is 3. The van der Waals surface area contributed by atoms with Crippen molar-refractivity contribution >= 4 is 43.9 Å². The molecule has 18 heavy (non-hydrogen) atoms. The Balaban J connectivity index is 2.59. The number of nitrogens with zero attached hydrogens (tertiary/aromatic N) is 1. The Morgan fingerprint density at radius 3 is 2.78 bits per heavy atom. The van der Waals surface area contributed by atoms with Crippen molar-refractivity contribution in [1.29, 1.82) is 0 Å². The van der Waals surface area contributed by atoms with E-state index in [-0.39, 0.29) is 11.6 Å². The quantitative estimate of drug-likeness (QED) is 0.685. The highest BCUT2D eigenvalue weighted by atomic mass is 32.1. The zero-order chi connectivity index (χ0) is 12.9. The minimum absolute atomic E-state index is 0.00458. The maximum atomic E-state index is 12.4. The van der Waals surface area contributed by atoms with E-state index in [9.17, 15) is 4.79 Å². The number of nitrogens with one attached hydrogen (secondary N) is 1. The topological polar surface area (TPSA) is 37.8 Å². The summed E-state index contributed by atoms with van der Waals surface area (Å²) in [5, 5.41) is 1.07. The highest BCUT2D eigenvalue weighted by Crippen LogP contribution is 2.30. The van der Waals surface area contributed by atoms with Gasteiger partial charge >= 0.3 is 0 Å². The second-order valence-electron chi connectivity index (χ2n) is 4.50. The SMILES string of the molecule is CC(C)n1c(=S)[nH]c2c(sc3ccccc32)c1=O. The summed E-state index contributed by atoms with van der Waals surface area (Å²) in [7, 11) is 0. The summed E-state index contributed by atoms with van der Waals surface area (Å²) in [5.41, 5.74) is 0.868. The van der Waals surface area contributed by atoms with E-state index < -0.39 is 0 Å². The molecule has 1 aromatic carbocycles. The largest absolute Gasteiger partial charge is 0.330 e. The smallest absolute Gasteiger partial charge is 0.272 e. The van der Waals surface area contributed by atoms with Gasteiger partial charge in [-0.25, -0.2) is 0 Å². The van der Waals surface area contributed by atoms with Crippen LogP contribution in [0.5, 0.6) is 0 Å². The first-order chi connectivity index (χ1) is 8.59. The predicted molar refractivity (Wildman–Crippen MR) is 79.2 cm³/mol. The lowest BCUT2D eigenvalue weighted by Crippen LogP contribution is -2.22. The van der Waals surface area contributed by atoms with Crippen molar-refractivity contribution in [3.8, 4) is 0 Å². The first kappa shape index (κ1) is 11.6. The van der Waals surface area contributed by atoms with Crippen molar-refractivity contribution < 1.29 is 0 Å². The molecule has 0 saturated carbocycles. The molecule has 0 fully saturated rings. The third kappa shape index (κ3) is 1.54. The summed E-state index contributed by atoms with van der Waals surface area (Å²) in [6, 6.07) is 8.05. The Hall–Kier alpha value is -1.46. The fraction of sp³-hybridized carbons (Fsp3) is 0.231. The molecular formula is C13H12N2OS2. The molecule has 92 valence electrons. The van der Waals surface area contributed by atoms with Gasteiger partial charge in [-0.15, -0.1) is 11.3 Å². The van der Waals surface area contributed by atoms with E-state index in [0.29, 0.717) is 4.77 Å². The zero-order valence-corrected chi connectivity index (χ0v) is 11.7. The molecule has 0 spiro atoms. The Morgan fingerprint density at radius 1 is 1.33 bits per heavy atom. The molecule has 0 aliphatic carbocycles. The van der Waals surface area contributed by atoms with Gasteiger partial charge in [0.25, 0.3) is 5.56 Å². The molecule has 3 aromatic rings. The van der Waals surface area contributed by atoms with Crippen LogP contribution >= 0.6 is 23.6 Å². The summed E-state index contributed by atoms with van der Waals surface area (Å²) in [6.07, 6.45) is 0. The normalized spacial score (nSPS) is 11.7. The van der Waals surface area contributed by atoms with Gasteiger partial charge in [0.15, 0.2) is 4.77 Å². The van der Waals surface area contributed by atoms with Gasteiger partial charge in [-0.05, 0) is 32.1 Å². The van der Waals surface area contributed by atoms with Crippen LogP contribution in [0.25, 0.3) is 20.3 Å². The summed E-state index contributed by atoms with van der Waals surface area (Å²) < 4.78 is 3.98. The number of rotatable bonds is 1. The number of hydrogen-bond acceptors (Lipinski definition) is 3. The van der Waals surface area contributed by atoms with E-state index in [4.69, 9.17) is 12.2 Å². The van der Waals surface area contributed by atoms with E-state index in [2.05, 4.69) is 4.98 Å². The van der Waals surface area contributed by atoms with Crippen molar-refractivity contribution in [1.82, 2.24) is 9.55 Å². The highest BCUT2D eigenvalue weighted by Gasteiger charge is 2.12. The minimum atomic E-state index is 0.00458. The average molecular weight is 276 g/mol. The first-order valence-electron chi connectivity index (χ1n) is 5.75. The van der Waals surface area contributed by atoms with E-state index in [0.717, 1.165) is 20.3 Å². The molecule has 0 saturated heterocycles. The number of thiophene rings is 1. The summed E-state index contributed by atoms with van der Waals surface area (Å²) in [4.78, 5) is 15.6. The second kappa shape index (κ2) is 4.03. The maximum absolute atomic E-state index is 12.4. The number of hydrogen-bond donors (Lipinski definition) is 1. The fourth-order valence-corrected chi connectivity index (χ4v) is 3.65. The Morgan fingerprint density at radius 2 is 2.06 bits per heavy atom. The van der Waals surface area contributed by atoms with Gasteiger partial charge in [-0.2, -0.15) is 0 Å². The average Bonchev–Trinajstić information content (AvgIpc) is 2.68. The zero-order valence-electron chi connectivity index (χ0n) is 10.1. The molecule has 0 radical (unpaired) electrons. The van der Waals surface area contributed by atoms with Crippen molar-refractivity contribution in [3.63, 3.8) is 0 Å². The van der Waals surface area contributed by atoms with Crippen LogP contribution in [0.3, 0.4) is 0 Å². The van der Waals surface area contributed by atoms with Gasteiger partial charge in [0.05, 0.1) is 5.52 Å². The molecule has 0 aliphatic heterocycles. The van der Waals surface area contributed by atoms with Crippen molar-refractivity contribution in [2.45, 2.75) is 19.9 Å². The highest BCUT2D eigenvalue weighted by molar-refractivity contribution is 7.71. The molecule has 0 bridgehead atoms. The molecule has 0 aliphatic rings. The molecule has 5 heteroatoms. The van der Waals surface area contributed by atoms with Crippen LogP contribution in [0, 0.1) is 4.77 Å². The van der Waals surface area contributed by atoms with Gasteiger partial charge < -0.3 is 4.98 Å². The van der Waals surface area contributed by atoms with Crippen LogP contribution in [-0.4, -0.2) is 9.55 Å². The molecule has 0 atom stereocenters. The fourth-order valence-electron chi connectivity index (χ4n) is 2.16. The molecule has 0 unspecified atom stereocenters. The van der Waals surface area contributed by atoms with Crippen LogP contribution < -0.4 is 5.56 Å². The maximum Gasteiger partial charge on any atom is 0.272 e. The van der Waals surface area contributed by atoms with Crippen molar-refractivity contribution in [2.24, 2.45) is 0 Å². The van der Waals surface area contributed by atoms with Crippen LogP contribution in [0.1, 0.15) is 19.9 Å². The lowest BCUT2D eigenvalue weighted by atomic mass is 10.2. The Kier molecular flexibility index (Phi) is 2.60. The predicted octanol–water partition coefficient (Wildman–Crippen LogP) is 3.85. The van der Waals surface area contributed by atoms with Crippen LogP contribution in [-0.2, 0) is 0 Å². The van der Waals surface area contributed by atoms with Gasteiger partial charge in [0, 0.05) is 16.1 Å². The van der Waals surface area contributed by atoms with Gasteiger partial charge in [-0.1, -0.05) is 18.2 Å². The standard InChI is InChI=1S/C13H12N2OS2/c1-7(2)15-12(16)11-10(14-13(15)17)8-5-3-4-6-9(8)18-11/h3-7H,1-2H3,(H,14,17). The molecule has 1 N–H and O–H groups in total. The lowest BCUT2D eigenvalue weighted by molar-refractivity contribution is 0.566. The minimum Gasteiger partial charge on any atom is -0.330 e. The summed E-state index contributed by atoms with van der Waals surface area (Å²) in [6.45, 7) is 3.92. The van der Waals surface area contributed by atoms with Gasteiger partial charge in [-0.3, -0.25) is 9.36 Å². The van der Waals surface area contributed by atoms with E-state index in [1.54, 1.807) is 4.57 Å². The van der Waals surface area contributed by atoms with Crippen molar-refractivity contribution in [2.75, 3.05) is 0 Å². The number of benzene rings is 1. The van der Waals surface area contributed by atoms with E-state index in [1.807, 2.05) is 38.1 Å². The third-order valence-corrected chi connectivity index (χ3v) is 4.43. The molecule has 2 aromatic heterocycles. The van der Waals surface area contributed by atoms with E-state index in [1.165, 1.54) is 11.3 Å². The van der Waals surface area contributed by atoms with Gasteiger partial charge in [0.1, 0.15) is 4.70 Å².